The van der Waals surface area contributed by atoms with Gasteiger partial charge >= 0.3 is 11.3 Å². The summed E-state index contributed by atoms with van der Waals surface area (Å²) in [7, 11) is -3.49. The number of hydrogen-bond acceptors (Lipinski definition) is 7. The molecule has 8 nitrogen and oxygen atoms in total. The second-order valence-electron chi connectivity index (χ2n) is 6.42. The van der Waals surface area contributed by atoms with Gasteiger partial charge in [-0.05, 0) is 33.6 Å². The quantitative estimate of drug-likeness (QED) is 0.810. The van der Waals surface area contributed by atoms with Crippen molar-refractivity contribution >= 4 is 15.9 Å². The van der Waals surface area contributed by atoms with Crippen molar-refractivity contribution in [2.75, 3.05) is 19.3 Å². The topological polar surface area (TPSA) is 103 Å². The van der Waals surface area contributed by atoms with Crippen LogP contribution in [0.15, 0.2) is 9.64 Å². The van der Waals surface area contributed by atoms with Gasteiger partial charge in [-0.3, -0.25) is 0 Å². The van der Waals surface area contributed by atoms with Crippen molar-refractivity contribution in [3.05, 3.63) is 5.89 Å². The molecule has 1 amide bonds. The predicted molar refractivity (Wildman–Crippen MR) is 77.2 cm³/mol. The molecule has 9 heteroatoms. The van der Waals surface area contributed by atoms with Crippen molar-refractivity contribution in [2.24, 2.45) is 0 Å². The normalized spacial score (nSPS) is 17.5. The first kappa shape index (κ1) is 16.7. The van der Waals surface area contributed by atoms with E-state index in [1.54, 1.807) is 4.90 Å². The zero-order valence-corrected chi connectivity index (χ0v) is 14.0. The molecule has 0 saturated carbocycles. The summed E-state index contributed by atoms with van der Waals surface area (Å²) < 4.78 is 33.2. The van der Waals surface area contributed by atoms with Gasteiger partial charge in [-0.15, -0.1) is 5.10 Å². The largest absolute Gasteiger partial charge is 0.444 e. The highest BCUT2D eigenvalue weighted by Crippen LogP contribution is 2.28. The number of piperidine rings is 1. The third kappa shape index (κ3) is 4.19. The van der Waals surface area contributed by atoms with E-state index in [0.29, 0.717) is 31.8 Å². The van der Waals surface area contributed by atoms with Crippen LogP contribution in [0.1, 0.15) is 45.4 Å². The fourth-order valence-corrected chi connectivity index (χ4v) is 2.60. The SMILES string of the molecule is CC(C)(C)OC(=O)N1CCC(c2nnc(S(C)(=O)=O)o2)CC1. The fraction of sp³-hybridized carbons (Fsp3) is 0.769. The van der Waals surface area contributed by atoms with Crippen LogP contribution in [0.5, 0.6) is 0 Å². The molecule has 0 N–H and O–H groups in total. The second kappa shape index (κ2) is 5.86. The van der Waals surface area contributed by atoms with Crippen molar-refractivity contribution in [1.29, 1.82) is 0 Å². The van der Waals surface area contributed by atoms with Crippen molar-refractivity contribution in [2.45, 2.75) is 50.4 Å². The van der Waals surface area contributed by atoms with Crippen LogP contribution in [0.4, 0.5) is 4.79 Å². The van der Waals surface area contributed by atoms with Gasteiger partial charge in [0.1, 0.15) is 5.60 Å². The van der Waals surface area contributed by atoms with Gasteiger partial charge in [-0.25, -0.2) is 13.2 Å². The molecular formula is C13H21N3O5S. The Morgan fingerprint density at radius 3 is 2.32 bits per heavy atom. The summed E-state index contributed by atoms with van der Waals surface area (Å²) in [6.07, 6.45) is 1.94. The van der Waals surface area contributed by atoms with Crippen LogP contribution in [-0.2, 0) is 14.6 Å². The van der Waals surface area contributed by atoms with Crippen molar-refractivity contribution in [1.82, 2.24) is 15.1 Å². The summed E-state index contributed by atoms with van der Waals surface area (Å²) in [5.41, 5.74) is -0.523. The Labute approximate surface area is 129 Å². The summed E-state index contributed by atoms with van der Waals surface area (Å²) in [5.74, 6) is 0.269. The molecule has 0 bridgehead atoms. The zero-order valence-electron chi connectivity index (χ0n) is 13.2. The molecule has 1 saturated heterocycles. The number of likely N-dealkylation sites (tertiary alicyclic amines) is 1. The molecule has 0 aromatic carbocycles. The molecule has 0 atom stereocenters. The van der Waals surface area contributed by atoms with E-state index in [-0.39, 0.29) is 17.2 Å². The number of ether oxygens (including phenoxy) is 1. The van der Waals surface area contributed by atoms with E-state index in [0.717, 1.165) is 6.26 Å². The molecule has 1 aliphatic heterocycles. The molecule has 22 heavy (non-hydrogen) atoms. The molecule has 0 unspecified atom stereocenters. The Morgan fingerprint density at radius 2 is 1.86 bits per heavy atom. The summed E-state index contributed by atoms with van der Waals surface area (Å²) in [5, 5.41) is 7.00. The number of hydrogen-bond donors (Lipinski definition) is 0. The van der Waals surface area contributed by atoms with Gasteiger partial charge in [-0.2, -0.15) is 0 Å². The number of carbonyl (C=O) groups excluding carboxylic acids is 1. The van der Waals surface area contributed by atoms with Crippen molar-refractivity contribution in [3.8, 4) is 0 Å². The predicted octanol–water partition coefficient (Wildman–Crippen LogP) is 1.59. The van der Waals surface area contributed by atoms with Crippen LogP contribution < -0.4 is 0 Å². The third-order valence-corrected chi connectivity index (χ3v) is 4.03. The molecule has 124 valence electrons. The van der Waals surface area contributed by atoms with Gasteiger partial charge < -0.3 is 14.1 Å². The lowest BCUT2D eigenvalue weighted by molar-refractivity contribution is 0.0198. The summed E-state index contributed by atoms with van der Waals surface area (Å²) in [6, 6.07) is 0. The van der Waals surface area contributed by atoms with Crippen LogP contribution in [0.25, 0.3) is 0 Å². The van der Waals surface area contributed by atoms with Crippen LogP contribution in [0, 0.1) is 0 Å². The van der Waals surface area contributed by atoms with Crippen LogP contribution in [0.3, 0.4) is 0 Å². The van der Waals surface area contributed by atoms with E-state index in [1.807, 2.05) is 20.8 Å². The molecule has 1 fully saturated rings. The van der Waals surface area contributed by atoms with Gasteiger partial charge in [0.25, 0.3) is 0 Å². The number of amides is 1. The van der Waals surface area contributed by atoms with E-state index in [4.69, 9.17) is 9.15 Å². The monoisotopic (exact) mass is 331 g/mol. The lowest BCUT2D eigenvalue weighted by Gasteiger charge is -2.32. The Kier molecular flexibility index (Phi) is 4.46. The highest BCUT2D eigenvalue weighted by Gasteiger charge is 2.30. The van der Waals surface area contributed by atoms with Gasteiger partial charge in [0.05, 0.1) is 0 Å². The van der Waals surface area contributed by atoms with Gasteiger partial charge in [-0.1, -0.05) is 5.10 Å². The lowest BCUT2D eigenvalue weighted by atomic mass is 9.97. The maximum atomic E-state index is 12.0. The standard InChI is InChI=1S/C13H21N3O5S/c1-13(2,3)21-12(17)16-7-5-9(6-8-16)10-14-15-11(20-10)22(4,18)19/h9H,5-8H2,1-4H3. The summed E-state index contributed by atoms with van der Waals surface area (Å²) in [4.78, 5) is 13.6. The van der Waals surface area contributed by atoms with Crippen LogP contribution in [-0.4, -0.2) is 54.6 Å². The smallest absolute Gasteiger partial charge is 0.410 e. The third-order valence-electron chi connectivity index (χ3n) is 3.24. The molecule has 0 radical (unpaired) electrons. The molecule has 1 aliphatic rings. The molecular weight excluding hydrogens is 310 g/mol. The van der Waals surface area contributed by atoms with Crippen LogP contribution in [0.2, 0.25) is 0 Å². The Balaban J connectivity index is 1.95. The highest BCUT2D eigenvalue weighted by atomic mass is 32.2. The van der Waals surface area contributed by atoms with E-state index in [9.17, 15) is 13.2 Å². The second-order valence-corrected chi connectivity index (χ2v) is 8.31. The van der Waals surface area contributed by atoms with Crippen molar-refractivity contribution < 1.29 is 22.4 Å². The molecule has 0 aliphatic carbocycles. The Bertz CT molecular complexity index is 639. The maximum absolute atomic E-state index is 12.0. The Hall–Kier alpha value is -1.64. The maximum Gasteiger partial charge on any atom is 0.410 e. The van der Waals surface area contributed by atoms with E-state index in [1.165, 1.54) is 0 Å². The molecule has 2 rings (SSSR count). The lowest BCUT2D eigenvalue weighted by Crippen LogP contribution is -2.41. The minimum absolute atomic E-state index is 0.0401. The van der Waals surface area contributed by atoms with E-state index < -0.39 is 15.4 Å². The number of carbonyl (C=O) groups is 1. The molecule has 0 spiro atoms. The minimum Gasteiger partial charge on any atom is -0.444 e. The molecule has 1 aromatic heterocycles. The molecule has 1 aromatic rings. The van der Waals surface area contributed by atoms with Gasteiger partial charge in [0.15, 0.2) is 0 Å². The average Bonchev–Trinajstić information content (AvgIpc) is 2.86. The van der Waals surface area contributed by atoms with Gasteiger partial charge in [0.2, 0.25) is 15.7 Å². The van der Waals surface area contributed by atoms with Crippen LogP contribution >= 0.6 is 0 Å². The van der Waals surface area contributed by atoms with E-state index in [2.05, 4.69) is 10.2 Å². The fourth-order valence-electron chi connectivity index (χ4n) is 2.17. The molecule has 2 heterocycles. The number of aromatic nitrogens is 2. The first-order valence-corrected chi connectivity index (χ1v) is 8.97. The van der Waals surface area contributed by atoms with Crippen molar-refractivity contribution in [3.63, 3.8) is 0 Å². The Morgan fingerprint density at radius 1 is 1.27 bits per heavy atom. The number of nitrogens with zero attached hydrogens (tertiary/aromatic N) is 3. The highest BCUT2D eigenvalue weighted by molar-refractivity contribution is 7.90. The average molecular weight is 331 g/mol. The zero-order chi connectivity index (χ0) is 16.5. The first-order chi connectivity index (χ1) is 10.1. The summed E-state index contributed by atoms with van der Waals surface area (Å²) >= 11 is 0. The number of sulfone groups is 1. The van der Waals surface area contributed by atoms with E-state index >= 15 is 0 Å². The van der Waals surface area contributed by atoms with Gasteiger partial charge in [0, 0.05) is 25.3 Å². The number of rotatable bonds is 2. The first-order valence-electron chi connectivity index (χ1n) is 7.07. The summed E-state index contributed by atoms with van der Waals surface area (Å²) in [6.45, 7) is 6.49. The minimum atomic E-state index is -3.49.